The highest BCUT2D eigenvalue weighted by molar-refractivity contribution is 7.89. The molecule has 0 aliphatic heterocycles. The molecule has 0 amide bonds. The van der Waals surface area contributed by atoms with Crippen LogP contribution in [0.1, 0.15) is 33.3 Å². The fourth-order valence-electron chi connectivity index (χ4n) is 1.63. The quantitative estimate of drug-likeness (QED) is 0.757. The minimum absolute atomic E-state index is 0.0551. The summed E-state index contributed by atoms with van der Waals surface area (Å²) in [6, 6.07) is 6.59. The maximum Gasteiger partial charge on any atom is 0.241 e. The zero-order valence-electron chi connectivity index (χ0n) is 12.3. The van der Waals surface area contributed by atoms with Crippen LogP contribution in [0.25, 0.3) is 0 Å². The highest BCUT2D eigenvalue weighted by atomic mass is 32.2. The molecule has 1 aromatic rings. The lowest BCUT2D eigenvalue weighted by Crippen LogP contribution is -2.51. The number of hydrogen-bond acceptors (Lipinski definition) is 4. The predicted octanol–water partition coefficient (Wildman–Crippen LogP) is 1.01. The van der Waals surface area contributed by atoms with Gasteiger partial charge in [-0.25, -0.2) is 13.1 Å². The molecule has 0 aliphatic carbocycles. The lowest BCUT2D eigenvalue weighted by Gasteiger charge is -2.26. The van der Waals surface area contributed by atoms with Crippen molar-refractivity contribution in [3.8, 4) is 0 Å². The van der Waals surface area contributed by atoms with Gasteiger partial charge in [0, 0.05) is 0 Å². The molecule has 1 aromatic carbocycles. The molecular weight excluding hydrogens is 278 g/mol. The Morgan fingerprint density at radius 3 is 1.80 bits per heavy atom. The number of hydrogen-bond donors (Lipinski definition) is 3. The molecule has 0 aliphatic rings. The van der Waals surface area contributed by atoms with E-state index in [1.54, 1.807) is 12.1 Å². The first-order chi connectivity index (χ1) is 9.04. The molecule has 0 radical (unpaired) electrons. The summed E-state index contributed by atoms with van der Waals surface area (Å²) >= 11 is 0. The van der Waals surface area contributed by atoms with E-state index in [1.165, 1.54) is 19.1 Å². The van der Waals surface area contributed by atoms with Gasteiger partial charge in [0.1, 0.15) is 0 Å². The van der Waals surface area contributed by atoms with Crippen LogP contribution in [0.3, 0.4) is 0 Å². The van der Waals surface area contributed by atoms with E-state index in [2.05, 4.69) is 4.72 Å². The second-order valence-corrected chi connectivity index (χ2v) is 7.94. The molecular formula is C14H23NO4S. The van der Waals surface area contributed by atoms with E-state index < -0.39 is 28.8 Å². The average Bonchev–Trinajstić information content (AvgIpc) is 2.37. The van der Waals surface area contributed by atoms with Crippen LogP contribution in [0.4, 0.5) is 0 Å². The van der Waals surface area contributed by atoms with Crippen molar-refractivity contribution >= 4 is 10.0 Å². The van der Waals surface area contributed by atoms with Gasteiger partial charge in [0.15, 0.2) is 0 Å². The van der Waals surface area contributed by atoms with Gasteiger partial charge in [-0.05, 0) is 30.0 Å². The fraction of sp³-hybridized carbons (Fsp3) is 0.571. The summed E-state index contributed by atoms with van der Waals surface area (Å²) in [6.45, 7) is 6.61. The van der Waals surface area contributed by atoms with Crippen LogP contribution in [0.15, 0.2) is 29.2 Å². The van der Waals surface area contributed by atoms with E-state index in [9.17, 15) is 8.42 Å². The van der Waals surface area contributed by atoms with E-state index in [1.807, 2.05) is 20.8 Å². The third-order valence-electron chi connectivity index (χ3n) is 3.11. The first-order valence-corrected chi connectivity index (χ1v) is 7.89. The topological polar surface area (TPSA) is 86.6 Å². The summed E-state index contributed by atoms with van der Waals surface area (Å²) < 4.78 is 26.7. The third-order valence-corrected chi connectivity index (χ3v) is 4.76. The van der Waals surface area contributed by atoms with Gasteiger partial charge in [-0.3, -0.25) is 0 Å². The van der Waals surface area contributed by atoms with Gasteiger partial charge >= 0.3 is 0 Å². The Morgan fingerprint density at radius 2 is 1.45 bits per heavy atom. The standard InChI is InChI=1S/C14H23NO4S/c1-13(2,3)11-5-7-12(8-6-11)20(18,19)15-14(4,9-16)10-17/h5-8,15-17H,9-10H2,1-4H3. The Bertz CT molecular complexity index is 540. The molecule has 3 N–H and O–H groups in total. The second kappa shape index (κ2) is 5.81. The van der Waals surface area contributed by atoms with Crippen LogP contribution in [0.2, 0.25) is 0 Å². The lowest BCUT2D eigenvalue weighted by atomic mass is 9.87. The molecule has 0 spiro atoms. The zero-order valence-corrected chi connectivity index (χ0v) is 13.2. The molecule has 1 rings (SSSR count). The molecule has 0 unspecified atom stereocenters. The Hall–Kier alpha value is -0.950. The number of aliphatic hydroxyl groups is 2. The molecule has 6 heteroatoms. The van der Waals surface area contributed by atoms with Crippen molar-refractivity contribution in [2.45, 2.75) is 43.5 Å². The van der Waals surface area contributed by atoms with Gasteiger partial charge in [0.05, 0.1) is 23.6 Å². The van der Waals surface area contributed by atoms with Crippen molar-refractivity contribution in [2.24, 2.45) is 0 Å². The van der Waals surface area contributed by atoms with E-state index in [0.29, 0.717) is 0 Å². The number of benzene rings is 1. The summed E-state index contributed by atoms with van der Waals surface area (Å²) in [5.74, 6) is 0. The van der Waals surface area contributed by atoms with Gasteiger partial charge in [-0.2, -0.15) is 0 Å². The van der Waals surface area contributed by atoms with E-state index in [-0.39, 0.29) is 10.3 Å². The van der Waals surface area contributed by atoms with Crippen molar-refractivity contribution in [1.29, 1.82) is 0 Å². The Balaban J connectivity index is 3.05. The second-order valence-electron chi connectivity index (χ2n) is 6.26. The van der Waals surface area contributed by atoms with Crippen molar-refractivity contribution in [1.82, 2.24) is 4.72 Å². The SMILES string of the molecule is CC(CO)(CO)NS(=O)(=O)c1ccc(C(C)(C)C)cc1. The minimum Gasteiger partial charge on any atom is -0.394 e. The molecule has 0 fully saturated rings. The summed E-state index contributed by atoms with van der Waals surface area (Å²) in [6.07, 6.45) is 0. The summed E-state index contributed by atoms with van der Waals surface area (Å²) in [4.78, 5) is 0.110. The van der Waals surface area contributed by atoms with Gasteiger partial charge < -0.3 is 10.2 Å². The Morgan fingerprint density at radius 1 is 1.00 bits per heavy atom. The van der Waals surface area contributed by atoms with Crippen LogP contribution in [0.5, 0.6) is 0 Å². The molecule has 20 heavy (non-hydrogen) atoms. The Labute approximate surface area is 120 Å². The first-order valence-electron chi connectivity index (χ1n) is 6.40. The molecule has 0 heterocycles. The zero-order chi connectivity index (χ0) is 15.6. The molecule has 0 aromatic heterocycles. The van der Waals surface area contributed by atoms with Gasteiger partial charge in [-0.15, -0.1) is 0 Å². The van der Waals surface area contributed by atoms with Gasteiger partial charge in [0.2, 0.25) is 10.0 Å². The maximum atomic E-state index is 12.2. The normalized spacial score (nSPS) is 13.5. The third kappa shape index (κ3) is 4.02. The van der Waals surface area contributed by atoms with Gasteiger partial charge in [0.25, 0.3) is 0 Å². The molecule has 0 bridgehead atoms. The Kier molecular flexibility index (Phi) is 4.97. The van der Waals surface area contributed by atoms with Gasteiger partial charge in [-0.1, -0.05) is 32.9 Å². The molecule has 0 atom stereocenters. The van der Waals surface area contributed by atoms with Crippen LogP contribution < -0.4 is 4.72 Å². The van der Waals surface area contributed by atoms with Crippen molar-refractivity contribution < 1.29 is 18.6 Å². The fourth-order valence-corrected chi connectivity index (χ4v) is 3.02. The summed E-state index contributed by atoms with van der Waals surface area (Å²) in [7, 11) is -3.77. The van der Waals surface area contributed by atoms with Crippen LogP contribution in [-0.4, -0.2) is 37.4 Å². The van der Waals surface area contributed by atoms with E-state index >= 15 is 0 Å². The van der Waals surface area contributed by atoms with Crippen LogP contribution in [-0.2, 0) is 15.4 Å². The van der Waals surface area contributed by atoms with Crippen LogP contribution >= 0.6 is 0 Å². The monoisotopic (exact) mass is 301 g/mol. The highest BCUT2D eigenvalue weighted by Gasteiger charge is 2.29. The van der Waals surface area contributed by atoms with E-state index in [0.717, 1.165) is 5.56 Å². The predicted molar refractivity (Wildman–Crippen MR) is 78.0 cm³/mol. The highest BCUT2D eigenvalue weighted by Crippen LogP contribution is 2.23. The summed E-state index contributed by atoms with van der Waals surface area (Å²) in [5, 5.41) is 18.3. The first kappa shape index (κ1) is 17.1. The molecule has 5 nitrogen and oxygen atoms in total. The number of aliphatic hydroxyl groups excluding tert-OH is 2. The van der Waals surface area contributed by atoms with Crippen molar-refractivity contribution in [2.75, 3.05) is 13.2 Å². The van der Waals surface area contributed by atoms with Crippen molar-refractivity contribution in [3.63, 3.8) is 0 Å². The number of nitrogens with one attached hydrogen (secondary N) is 1. The molecule has 0 saturated carbocycles. The van der Waals surface area contributed by atoms with Crippen LogP contribution in [0, 0.1) is 0 Å². The molecule has 114 valence electrons. The molecule has 0 saturated heterocycles. The smallest absolute Gasteiger partial charge is 0.241 e. The number of rotatable bonds is 5. The van der Waals surface area contributed by atoms with E-state index in [4.69, 9.17) is 10.2 Å². The maximum absolute atomic E-state index is 12.2. The summed E-state index contributed by atoms with van der Waals surface area (Å²) in [5.41, 5.74) is -0.300. The minimum atomic E-state index is -3.77. The number of sulfonamides is 1. The largest absolute Gasteiger partial charge is 0.394 e. The van der Waals surface area contributed by atoms with Crippen molar-refractivity contribution in [3.05, 3.63) is 29.8 Å². The lowest BCUT2D eigenvalue weighted by molar-refractivity contribution is 0.122. The average molecular weight is 301 g/mol.